The first-order valence-electron chi connectivity index (χ1n) is 6.99. The minimum atomic E-state index is -0.223. The largest absolute Gasteiger partial charge is 0.299 e. The summed E-state index contributed by atoms with van der Waals surface area (Å²) >= 11 is 0. The number of hydrogen-bond acceptors (Lipinski definition) is 1. The maximum atomic E-state index is 12.6. The molecule has 1 nitrogen and oxygen atoms in total. The van der Waals surface area contributed by atoms with Crippen molar-refractivity contribution in [3.8, 4) is 0 Å². The second-order valence-electron chi connectivity index (χ2n) is 5.79. The van der Waals surface area contributed by atoms with Crippen LogP contribution in [0, 0.1) is 11.3 Å². The number of allylic oxidation sites excluding steroid dienone is 1. The van der Waals surface area contributed by atoms with E-state index in [4.69, 9.17) is 0 Å². The lowest BCUT2D eigenvalue weighted by atomic mass is 9.63. The highest BCUT2D eigenvalue weighted by Gasteiger charge is 2.52. The minimum Gasteiger partial charge on any atom is -0.299 e. The molecule has 0 spiro atoms. The van der Waals surface area contributed by atoms with Crippen LogP contribution in [0.1, 0.15) is 37.7 Å². The fourth-order valence-electron chi connectivity index (χ4n) is 3.94. The molecule has 18 heavy (non-hydrogen) atoms. The number of rotatable bonds is 2. The Balaban J connectivity index is 1.98. The molecule has 0 N–H and O–H groups in total. The van der Waals surface area contributed by atoms with Crippen LogP contribution >= 0.6 is 0 Å². The molecule has 2 atom stereocenters. The molecule has 0 heterocycles. The van der Waals surface area contributed by atoms with Gasteiger partial charge in [0.15, 0.2) is 0 Å². The Kier molecular flexibility index (Phi) is 2.85. The number of ketones is 1. The van der Waals surface area contributed by atoms with E-state index in [9.17, 15) is 4.79 Å². The zero-order valence-electron chi connectivity index (χ0n) is 10.8. The number of carbonyl (C=O) groups excluding carboxylic acids is 1. The molecule has 0 aliphatic heterocycles. The Hall–Kier alpha value is -1.37. The summed E-state index contributed by atoms with van der Waals surface area (Å²) in [4.78, 5) is 12.6. The van der Waals surface area contributed by atoms with Gasteiger partial charge >= 0.3 is 0 Å². The third kappa shape index (κ3) is 1.65. The van der Waals surface area contributed by atoms with Crippen molar-refractivity contribution >= 4 is 5.78 Å². The summed E-state index contributed by atoms with van der Waals surface area (Å²) in [6.45, 7) is 4.24. The Morgan fingerprint density at radius 2 is 1.94 bits per heavy atom. The summed E-state index contributed by atoms with van der Waals surface area (Å²) in [6.07, 6.45) is 6.12. The fraction of sp³-hybridized carbons (Fsp3) is 0.471. The molecule has 2 aliphatic carbocycles. The number of benzene rings is 1. The van der Waals surface area contributed by atoms with Gasteiger partial charge in [0.05, 0.1) is 5.41 Å². The van der Waals surface area contributed by atoms with E-state index in [1.807, 2.05) is 6.07 Å². The van der Waals surface area contributed by atoms with Gasteiger partial charge in [0.2, 0.25) is 0 Å². The molecule has 2 saturated carbocycles. The molecule has 2 aliphatic rings. The molecule has 94 valence electrons. The van der Waals surface area contributed by atoms with Crippen molar-refractivity contribution in [2.45, 2.75) is 38.5 Å². The van der Waals surface area contributed by atoms with Crippen molar-refractivity contribution in [1.29, 1.82) is 0 Å². The normalized spacial score (nSPS) is 31.4. The molecule has 0 amide bonds. The van der Waals surface area contributed by atoms with Gasteiger partial charge in [-0.3, -0.25) is 4.79 Å². The summed E-state index contributed by atoms with van der Waals surface area (Å²) in [5.41, 5.74) is 2.25. The van der Waals surface area contributed by atoms with Crippen molar-refractivity contribution in [1.82, 2.24) is 0 Å². The van der Waals surface area contributed by atoms with Gasteiger partial charge in [-0.15, -0.1) is 0 Å². The molecule has 1 aromatic carbocycles. The molecule has 1 heteroatoms. The number of hydrogen-bond donors (Lipinski definition) is 0. The highest BCUT2D eigenvalue weighted by Crippen LogP contribution is 2.54. The van der Waals surface area contributed by atoms with Crippen LogP contribution < -0.4 is 0 Å². The summed E-state index contributed by atoms with van der Waals surface area (Å²) in [5.74, 6) is 0.997. The van der Waals surface area contributed by atoms with Gasteiger partial charge < -0.3 is 0 Å². The first-order chi connectivity index (χ1) is 8.73. The maximum absolute atomic E-state index is 12.6. The Morgan fingerprint density at radius 1 is 1.17 bits per heavy atom. The van der Waals surface area contributed by atoms with E-state index in [2.05, 4.69) is 30.8 Å². The predicted molar refractivity (Wildman–Crippen MR) is 73.3 cm³/mol. The van der Waals surface area contributed by atoms with Gasteiger partial charge in [-0.05, 0) is 43.6 Å². The quantitative estimate of drug-likeness (QED) is 0.716. The van der Waals surface area contributed by atoms with E-state index in [0.717, 1.165) is 32.1 Å². The van der Waals surface area contributed by atoms with Crippen LogP contribution in [0.15, 0.2) is 42.5 Å². The van der Waals surface area contributed by atoms with Gasteiger partial charge in [0.25, 0.3) is 0 Å². The molecule has 1 aromatic rings. The minimum absolute atomic E-state index is 0.223. The fourth-order valence-corrected chi connectivity index (χ4v) is 3.94. The summed E-state index contributed by atoms with van der Waals surface area (Å²) in [5, 5.41) is 0. The van der Waals surface area contributed by atoms with Crippen LogP contribution in [0.3, 0.4) is 0 Å². The highest BCUT2D eigenvalue weighted by atomic mass is 16.1. The molecule has 0 bridgehead atoms. The number of Topliss-reactive ketones (excluding diaryl/α,β-unsaturated/α-hetero) is 1. The smallest absolute Gasteiger partial charge is 0.143 e. The van der Waals surface area contributed by atoms with E-state index in [1.165, 1.54) is 17.6 Å². The van der Waals surface area contributed by atoms with E-state index >= 15 is 0 Å². The molecule has 0 saturated heterocycles. The topological polar surface area (TPSA) is 17.1 Å². The Bertz CT molecular complexity index is 474. The van der Waals surface area contributed by atoms with Crippen molar-refractivity contribution in [3.05, 3.63) is 48.0 Å². The Morgan fingerprint density at radius 3 is 2.72 bits per heavy atom. The van der Waals surface area contributed by atoms with Crippen molar-refractivity contribution in [3.63, 3.8) is 0 Å². The predicted octanol–water partition coefficient (Wildman–Crippen LogP) is 3.93. The average molecular weight is 240 g/mol. The summed E-state index contributed by atoms with van der Waals surface area (Å²) in [6, 6.07) is 10.4. The first-order valence-corrected chi connectivity index (χ1v) is 6.99. The lowest BCUT2D eigenvalue weighted by molar-refractivity contribution is -0.131. The zero-order chi connectivity index (χ0) is 12.6. The molecule has 3 rings (SSSR count). The number of carbonyl (C=O) groups is 1. The second kappa shape index (κ2) is 4.38. The zero-order valence-corrected chi connectivity index (χ0v) is 10.8. The van der Waals surface area contributed by atoms with Crippen molar-refractivity contribution in [2.75, 3.05) is 0 Å². The Labute approximate surface area is 109 Å². The number of fused-ring (bicyclic) bond motifs is 1. The highest BCUT2D eigenvalue weighted by molar-refractivity contribution is 5.89. The molecular weight excluding hydrogens is 220 g/mol. The monoisotopic (exact) mass is 240 g/mol. The molecule has 0 radical (unpaired) electrons. The third-order valence-electron chi connectivity index (χ3n) is 4.90. The summed E-state index contributed by atoms with van der Waals surface area (Å²) < 4.78 is 0. The van der Waals surface area contributed by atoms with Crippen LogP contribution in [0.5, 0.6) is 0 Å². The van der Waals surface area contributed by atoms with Crippen LogP contribution in [-0.2, 0) is 11.2 Å². The van der Waals surface area contributed by atoms with Crippen LogP contribution in [-0.4, -0.2) is 5.78 Å². The van der Waals surface area contributed by atoms with Gasteiger partial charge in [-0.25, -0.2) is 0 Å². The van der Waals surface area contributed by atoms with Crippen molar-refractivity contribution in [2.24, 2.45) is 11.3 Å². The van der Waals surface area contributed by atoms with E-state index in [1.54, 1.807) is 0 Å². The van der Waals surface area contributed by atoms with E-state index in [0.29, 0.717) is 11.7 Å². The first kappa shape index (κ1) is 11.7. The van der Waals surface area contributed by atoms with E-state index in [-0.39, 0.29) is 5.41 Å². The van der Waals surface area contributed by atoms with E-state index < -0.39 is 0 Å². The maximum Gasteiger partial charge on any atom is 0.143 e. The lowest BCUT2D eigenvalue weighted by Crippen LogP contribution is -2.41. The SMILES string of the molecule is C=C1CC[C@H]2CCCC(=O)[C@@]12Cc1ccccc1. The van der Waals surface area contributed by atoms with Gasteiger partial charge in [-0.1, -0.05) is 42.5 Å². The van der Waals surface area contributed by atoms with Crippen LogP contribution in [0.4, 0.5) is 0 Å². The molecular formula is C17H20O. The van der Waals surface area contributed by atoms with Gasteiger partial charge in [0.1, 0.15) is 5.78 Å². The molecule has 0 aromatic heterocycles. The van der Waals surface area contributed by atoms with Gasteiger partial charge in [-0.2, -0.15) is 0 Å². The molecule has 2 fully saturated rings. The third-order valence-corrected chi connectivity index (χ3v) is 4.90. The average Bonchev–Trinajstić information content (AvgIpc) is 2.71. The summed E-state index contributed by atoms with van der Waals surface area (Å²) in [7, 11) is 0. The second-order valence-corrected chi connectivity index (χ2v) is 5.79. The van der Waals surface area contributed by atoms with Crippen LogP contribution in [0.2, 0.25) is 0 Å². The van der Waals surface area contributed by atoms with Crippen LogP contribution in [0.25, 0.3) is 0 Å². The molecule has 0 unspecified atom stereocenters. The van der Waals surface area contributed by atoms with Crippen molar-refractivity contribution < 1.29 is 4.79 Å². The standard InChI is InChI=1S/C17H20O/c1-13-10-11-15-8-5-9-16(18)17(13,15)12-14-6-3-2-4-7-14/h2-4,6-7,15H,1,5,8-12H2/t15-,17+/m1/s1. The van der Waals surface area contributed by atoms with Gasteiger partial charge in [0, 0.05) is 6.42 Å². The lowest BCUT2D eigenvalue weighted by Gasteiger charge is -2.39.